The van der Waals surface area contributed by atoms with Gasteiger partial charge in [0.05, 0.1) is 0 Å². The molecule has 0 bridgehead atoms. The summed E-state index contributed by atoms with van der Waals surface area (Å²) in [6.45, 7) is 5.44. The van der Waals surface area contributed by atoms with E-state index < -0.39 is 8.80 Å². The van der Waals surface area contributed by atoms with Crippen LogP contribution in [0.1, 0.15) is 13.3 Å². The van der Waals surface area contributed by atoms with Gasteiger partial charge in [-0.3, -0.25) is 4.79 Å². The van der Waals surface area contributed by atoms with E-state index in [-0.39, 0.29) is 12.6 Å². The van der Waals surface area contributed by atoms with Crippen LogP contribution in [0, 0.1) is 0 Å². The van der Waals surface area contributed by atoms with Gasteiger partial charge >= 0.3 is 8.80 Å². The van der Waals surface area contributed by atoms with Gasteiger partial charge in [0, 0.05) is 20.3 Å². The van der Waals surface area contributed by atoms with Crippen molar-refractivity contribution in [2.75, 3.05) is 21.0 Å². The first kappa shape index (κ1) is 14.3. The Balaban J connectivity index is 4.05. The number of carbonyl (C=O) groups excluding carboxylic acids is 1. The van der Waals surface area contributed by atoms with Crippen LogP contribution in [0.4, 0.5) is 0 Å². The van der Waals surface area contributed by atoms with E-state index in [0.29, 0.717) is 0 Å². The number of carbonyl (C=O) groups is 1. The van der Waals surface area contributed by atoms with Gasteiger partial charge in [-0.25, -0.2) is 0 Å². The van der Waals surface area contributed by atoms with E-state index in [1.54, 1.807) is 14.2 Å². The van der Waals surface area contributed by atoms with Crippen molar-refractivity contribution in [1.82, 2.24) is 5.32 Å². The van der Waals surface area contributed by atoms with E-state index >= 15 is 0 Å². The molecular weight excluding hydrogens is 214 g/mol. The molecule has 0 heterocycles. The van der Waals surface area contributed by atoms with Crippen molar-refractivity contribution in [3.8, 4) is 0 Å². The van der Waals surface area contributed by atoms with E-state index in [9.17, 15) is 4.79 Å². The lowest BCUT2D eigenvalue weighted by Gasteiger charge is -2.25. The zero-order valence-electron chi connectivity index (χ0n) is 9.54. The maximum absolute atomic E-state index is 10.9. The third-order valence-corrected chi connectivity index (χ3v) is 4.84. The fraction of sp³-hybridized carbons (Fsp3) is 0.667. The monoisotopic (exact) mass is 233 g/mol. The molecule has 0 unspecified atom stereocenters. The molecule has 0 aliphatic carbocycles. The molecule has 6 heteroatoms. The second-order valence-electron chi connectivity index (χ2n) is 2.88. The molecule has 15 heavy (non-hydrogen) atoms. The van der Waals surface area contributed by atoms with Crippen LogP contribution in [-0.2, 0) is 18.1 Å². The lowest BCUT2D eigenvalue weighted by atomic mass is 10.6. The summed E-state index contributed by atoms with van der Waals surface area (Å²) in [5, 5.41) is 2.51. The fourth-order valence-corrected chi connectivity index (χ4v) is 2.93. The molecule has 0 fully saturated rings. The molecular formula is C9H19NO4Si. The second-order valence-corrected chi connectivity index (χ2v) is 5.85. The van der Waals surface area contributed by atoms with Gasteiger partial charge in [0.1, 0.15) is 6.73 Å². The van der Waals surface area contributed by atoms with E-state index in [1.165, 1.54) is 6.08 Å². The first-order chi connectivity index (χ1) is 7.14. The summed E-state index contributed by atoms with van der Waals surface area (Å²) >= 11 is 0. The van der Waals surface area contributed by atoms with Crippen LogP contribution in [0.5, 0.6) is 0 Å². The average Bonchev–Trinajstić information content (AvgIpc) is 2.27. The van der Waals surface area contributed by atoms with Crippen LogP contribution in [0.2, 0.25) is 6.04 Å². The molecule has 0 saturated carbocycles. The number of hydrogen-bond donors (Lipinski definition) is 1. The zero-order valence-corrected chi connectivity index (χ0v) is 10.5. The molecule has 0 aliphatic heterocycles. The molecule has 0 radical (unpaired) electrons. The van der Waals surface area contributed by atoms with Gasteiger partial charge in [-0.2, -0.15) is 0 Å². The number of hydrogen-bond acceptors (Lipinski definition) is 4. The van der Waals surface area contributed by atoms with Crippen molar-refractivity contribution in [3.63, 3.8) is 0 Å². The zero-order chi connectivity index (χ0) is 11.7. The van der Waals surface area contributed by atoms with Gasteiger partial charge in [0.15, 0.2) is 0 Å². The summed E-state index contributed by atoms with van der Waals surface area (Å²) in [5.41, 5.74) is 0. The minimum atomic E-state index is -2.57. The summed E-state index contributed by atoms with van der Waals surface area (Å²) < 4.78 is 16.0. The van der Waals surface area contributed by atoms with E-state index in [4.69, 9.17) is 13.3 Å². The predicted molar refractivity (Wildman–Crippen MR) is 59.2 cm³/mol. The van der Waals surface area contributed by atoms with Crippen molar-refractivity contribution in [2.45, 2.75) is 19.4 Å². The van der Waals surface area contributed by atoms with Crippen molar-refractivity contribution in [1.29, 1.82) is 0 Å². The molecule has 5 nitrogen and oxygen atoms in total. The number of amides is 1. The Bertz CT molecular complexity index is 206. The summed E-state index contributed by atoms with van der Waals surface area (Å²) in [6, 6.07) is 0.726. The van der Waals surface area contributed by atoms with Crippen LogP contribution in [0.15, 0.2) is 12.7 Å². The van der Waals surface area contributed by atoms with Gasteiger partial charge in [0.25, 0.3) is 0 Å². The summed E-state index contributed by atoms with van der Waals surface area (Å²) in [6.07, 6.45) is 2.09. The highest BCUT2D eigenvalue weighted by Crippen LogP contribution is 2.14. The van der Waals surface area contributed by atoms with Gasteiger partial charge in [-0.15, -0.1) is 0 Å². The molecule has 0 aromatic rings. The quantitative estimate of drug-likeness (QED) is 0.384. The molecule has 0 spiro atoms. The number of rotatable bonds is 8. The highest BCUT2D eigenvalue weighted by molar-refractivity contribution is 6.60. The molecule has 1 amide bonds. The minimum absolute atomic E-state index is 0.0821. The molecule has 0 rings (SSSR count). The molecule has 0 aromatic carbocycles. The maximum Gasteiger partial charge on any atom is 0.501 e. The lowest BCUT2D eigenvalue weighted by Crippen LogP contribution is -2.46. The first-order valence-corrected chi connectivity index (χ1v) is 6.71. The van der Waals surface area contributed by atoms with Crippen LogP contribution >= 0.6 is 0 Å². The third kappa shape index (κ3) is 5.08. The van der Waals surface area contributed by atoms with Crippen LogP contribution in [0.3, 0.4) is 0 Å². The topological polar surface area (TPSA) is 56.8 Å². The third-order valence-electron chi connectivity index (χ3n) is 1.90. The molecule has 0 aliphatic rings. The fourth-order valence-electron chi connectivity index (χ4n) is 1.07. The maximum atomic E-state index is 10.9. The van der Waals surface area contributed by atoms with Gasteiger partial charge in [0.2, 0.25) is 5.91 Å². The van der Waals surface area contributed by atoms with Crippen molar-refractivity contribution < 1.29 is 18.1 Å². The van der Waals surface area contributed by atoms with Crippen LogP contribution in [0.25, 0.3) is 0 Å². The predicted octanol–water partition coefficient (Wildman–Crippen LogP) is 0.904. The molecule has 1 N–H and O–H groups in total. The highest BCUT2D eigenvalue weighted by Gasteiger charge is 2.37. The Morgan fingerprint density at radius 2 is 2.07 bits per heavy atom. The average molecular weight is 233 g/mol. The molecule has 88 valence electrons. The largest absolute Gasteiger partial charge is 0.501 e. The normalized spacial score (nSPS) is 11.1. The number of nitrogens with one attached hydrogen (secondary N) is 1. The molecule has 0 atom stereocenters. The van der Waals surface area contributed by atoms with E-state index in [1.807, 2.05) is 6.92 Å². The summed E-state index contributed by atoms with van der Waals surface area (Å²) in [7, 11) is 0.540. The Kier molecular flexibility index (Phi) is 7.23. The van der Waals surface area contributed by atoms with Gasteiger partial charge in [-0.05, 0) is 6.08 Å². The molecule has 0 saturated heterocycles. The smallest absolute Gasteiger partial charge is 0.377 e. The Morgan fingerprint density at radius 3 is 2.47 bits per heavy atom. The molecule has 0 aromatic heterocycles. The first-order valence-electron chi connectivity index (χ1n) is 4.78. The SMILES string of the molecule is C=CC(=O)NCO[Si](CCC)(OC)OC. The van der Waals surface area contributed by atoms with E-state index in [2.05, 4.69) is 11.9 Å². The standard InChI is InChI=1S/C9H19NO4Si/c1-5-7-15(12-3,13-4)14-8-10-9(11)6-2/h6H,2,5,7-8H2,1,3-4H3,(H,10,11). The van der Waals surface area contributed by atoms with Gasteiger partial charge in [-0.1, -0.05) is 19.9 Å². The van der Waals surface area contributed by atoms with E-state index in [0.717, 1.165) is 12.5 Å². The highest BCUT2D eigenvalue weighted by atomic mass is 28.4. The second kappa shape index (κ2) is 7.58. The van der Waals surface area contributed by atoms with Crippen molar-refractivity contribution in [3.05, 3.63) is 12.7 Å². The minimum Gasteiger partial charge on any atom is -0.377 e. The van der Waals surface area contributed by atoms with Gasteiger partial charge < -0.3 is 18.6 Å². The van der Waals surface area contributed by atoms with Crippen molar-refractivity contribution >= 4 is 14.7 Å². The summed E-state index contributed by atoms with van der Waals surface area (Å²) in [4.78, 5) is 10.9. The Morgan fingerprint density at radius 1 is 1.47 bits per heavy atom. The lowest BCUT2D eigenvalue weighted by molar-refractivity contribution is -0.117. The van der Waals surface area contributed by atoms with Crippen LogP contribution < -0.4 is 5.32 Å². The van der Waals surface area contributed by atoms with Crippen molar-refractivity contribution in [2.24, 2.45) is 0 Å². The Labute approximate surface area is 91.8 Å². The summed E-state index contributed by atoms with van der Waals surface area (Å²) in [5.74, 6) is -0.276. The Hall–Kier alpha value is -0.693. The van der Waals surface area contributed by atoms with Crippen LogP contribution in [-0.4, -0.2) is 35.7 Å².